The lowest BCUT2D eigenvalue weighted by Gasteiger charge is -2.37. The minimum Gasteiger partial charge on any atom is -0.496 e. The van der Waals surface area contributed by atoms with Gasteiger partial charge in [0.25, 0.3) is 11.5 Å². The number of rotatable bonds is 11. The van der Waals surface area contributed by atoms with Gasteiger partial charge in [0.05, 0.1) is 19.2 Å². The Labute approximate surface area is 271 Å². The monoisotopic (exact) mass is 629 g/mol. The molecule has 1 aromatic heterocycles. The maximum atomic E-state index is 13.9. The first-order chi connectivity index (χ1) is 22.2. The number of carbonyl (C=O) groups excluding carboxylic acids is 2. The number of anilines is 2. The third-order valence-corrected chi connectivity index (χ3v) is 9.71. The first-order valence-corrected chi connectivity index (χ1v) is 16.3. The molecule has 2 amide bonds. The van der Waals surface area contributed by atoms with Gasteiger partial charge in [-0.15, -0.1) is 0 Å². The summed E-state index contributed by atoms with van der Waals surface area (Å²) in [6, 6.07) is 12.3. The summed E-state index contributed by atoms with van der Waals surface area (Å²) in [6.45, 7) is 12.2. The number of nitrogens with one attached hydrogen (secondary N) is 4. The van der Waals surface area contributed by atoms with Crippen molar-refractivity contribution in [1.29, 1.82) is 0 Å². The molecule has 0 spiro atoms. The minimum absolute atomic E-state index is 0.0175. The number of amides is 2. The van der Waals surface area contributed by atoms with Gasteiger partial charge in [-0.05, 0) is 111 Å². The molecule has 2 saturated heterocycles. The molecular weight excluding hydrogens is 582 g/mol. The van der Waals surface area contributed by atoms with Gasteiger partial charge >= 0.3 is 0 Å². The second kappa shape index (κ2) is 14.5. The van der Waals surface area contributed by atoms with E-state index in [4.69, 9.17) is 9.47 Å². The lowest BCUT2D eigenvalue weighted by Crippen LogP contribution is -2.40. The molecule has 0 unspecified atom stereocenters. The molecule has 5 rings (SSSR count). The highest BCUT2D eigenvalue weighted by atomic mass is 16.5. The fraction of sp³-hybridized carbons (Fsp3) is 0.472. The van der Waals surface area contributed by atoms with Gasteiger partial charge in [-0.25, -0.2) is 0 Å². The van der Waals surface area contributed by atoms with Crippen LogP contribution in [-0.2, 0) is 21.5 Å². The molecule has 0 bridgehead atoms. The molecular formula is C36H47N5O5. The van der Waals surface area contributed by atoms with E-state index in [2.05, 4.69) is 57.9 Å². The highest BCUT2D eigenvalue weighted by Gasteiger charge is 2.31. The maximum Gasteiger partial charge on any atom is 0.256 e. The lowest BCUT2D eigenvalue weighted by molar-refractivity contribution is -0.105. The number of aromatic amines is 1. The smallest absolute Gasteiger partial charge is 0.256 e. The molecule has 2 aromatic carbocycles. The zero-order valence-electron chi connectivity index (χ0n) is 27.7. The van der Waals surface area contributed by atoms with Crippen molar-refractivity contribution in [2.45, 2.75) is 71.4 Å². The van der Waals surface area contributed by atoms with Crippen molar-refractivity contribution < 1.29 is 19.1 Å². The Hall–Kier alpha value is -4.15. The van der Waals surface area contributed by atoms with Crippen LogP contribution in [0.3, 0.4) is 0 Å². The fourth-order valence-corrected chi connectivity index (χ4v) is 7.00. The quantitative estimate of drug-likeness (QED) is 0.225. The fourth-order valence-electron chi connectivity index (χ4n) is 7.00. The molecule has 0 aliphatic carbocycles. The Kier molecular flexibility index (Phi) is 10.5. The molecule has 2 aliphatic rings. The van der Waals surface area contributed by atoms with Crippen LogP contribution in [-0.4, -0.2) is 63.3 Å². The summed E-state index contributed by atoms with van der Waals surface area (Å²) in [5.41, 5.74) is 6.75. The van der Waals surface area contributed by atoms with Crippen LogP contribution < -0.4 is 31.1 Å². The van der Waals surface area contributed by atoms with Gasteiger partial charge in [-0.3, -0.25) is 14.4 Å². The molecule has 2 fully saturated rings. The highest BCUT2D eigenvalue weighted by molar-refractivity contribution is 5.99. The number of benzene rings is 2. The predicted octanol–water partition coefficient (Wildman–Crippen LogP) is 4.81. The number of nitrogens with zero attached hydrogens (tertiary/aromatic N) is 1. The van der Waals surface area contributed by atoms with Gasteiger partial charge in [0.2, 0.25) is 6.41 Å². The molecule has 4 N–H and O–H groups in total. The van der Waals surface area contributed by atoms with Crippen LogP contribution in [0.15, 0.2) is 41.2 Å². The molecule has 0 saturated carbocycles. The standard InChI is InChI=1S/C36H47N5O5/c1-6-41(27-9-15-46-16-10-27)32-20-26(25-7-8-30(31(19-25)39-22-42)36(4)11-13-37-14-12-36)18-28(24(32)3)34(43)38-21-29-33(45-5)17-23(2)40-35(29)44/h7-8,17-20,22,27,37H,6,9-16,21H2,1-5H3,(H,38,43)(H,39,42)(H,40,44). The largest absolute Gasteiger partial charge is 0.496 e. The van der Waals surface area contributed by atoms with Crippen LogP contribution in [0, 0.1) is 13.8 Å². The van der Waals surface area contributed by atoms with Crippen LogP contribution in [0.5, 0.6) is 5.75 Å². The number of hydrogen-bond acceptors (Lipinski definition) is 7. The number of H-pyrrole nitrogens is 1. The summed E-state index contributed by atoms with van der Waals surface area (Å²) in [6.07, 6.45) is 4.50. The van der Waals surface area contributed by atoms with Gasteiger partial charge in [0.15, 0.2) is 0 Å². The normalized spacial score (nSPS) is 16.5. The minimum atomic E-state index is -0.294. The van der Waals surface area contributed by atoms with E-state index >= 15 is 0 Å². The summed E-state index contributed by atoms with van der Waals surface area (Å²) in [5, 5.41) is 9.38. The first-order valence-electron chi connectivity index (χ1n) is 16.3. The Bertz CT molecular complexity index is 1620. The second-order valence-corrected chi connectivity index (χ2v) is 12.6. The van der Waals surface area contributed by atoms with Crippen molar-refractivity contribution in [2.75, 3.05) is 50.2 Å². The van der Waals surface area contributed by atoms with E-state index in [-0.39, 0.29) is 29.5 Å². The van der Waals surface area contributed by atoms with E-state index in [9.17, 15) is 14.4 Å². The number of pyridine rings is 1. The Morgan fingerprint density at radius 3 is 2.52 bits per heavy atom. The van der Waals surface area contributed by atoms with Crippen molar-refractivity contribution in [2.24, 2.45) is 0 Å². The van der Waals surface area contributed by atoms with Crippen molar-refractivity contribution in [1.82, 2.24) is 15.6 Å². The third-order valence-electron chi connectivity index (χ3n) is 9.71. The van der Waals surface area contributed by atoms with Crippen molar-refractivity contribution in [3.63, 3.8) is 0 Å². The number of methoxy groups -OCH3 is 1. The molecule has 3 aromatic rings. The topological polar surface area (TPSA) is 125 Å². The number of piperidine rings is 1. The Morgan fingerprint density at radius 2 is 1.85 bits per heavy atom. The van der Waals surface area contributed by atoms with E-state index in [1.165, 1.54) is 7.11 Å². The van der Waals surface area contributed by atoms with E-state index in [1.807, 2.05) is 19.1 Å². The molecule has 10 heteroatoms. The molecule has 10 nitrogen and oxygen atoms in total. The average Bonchev–Trinajstić information content (AvgIpc) is 3.06. The first kappa shape index (κ1) is 33.2. The van der Waals surface area contributed by atoms with Crippen LogP contribution in [0.4, 0.5) is 11.4 Å². The molecule has 246 valence electrons. The van der Waals surface area contributed by atoms with Crippen LogP contribution >= 0.6 is 0 Å². The molecule has 46 heavy (non-hydrogen) atoms. The number of hydrogen-bond donors (Lipinski definition) is 4. The van der Waals surface area contributed by atoms with E-state index in [0.717, 1.165) is 85.4 Å². The molecule has 2 aliphatic heterocycles. The predicted molar refractivity (Wildman–Crippen MR) is 182 cm³/mol. The second-order valence-electron chi connectivity index (χ2n) is 12.6. The average molecular weight is 630 g/mol. The highest BCUT2D eigenvalue weighted by Crippen LogP contribution is 2.40. The van der Waals surface area contributed by atoms with Gasteiger partial charge < -0.3 is 35.3 Å². The van der Waals surface area contributed by atoms with Gasteiger partial charge in [0.1, 0.15) is 5.75 Å². The van der Waals surface area contributed by atoms with E-state index < -0.39 is 0 Å². The van der Waals surface area contributed by atoms with Gasteiger partial charge in [-0.1, -0.05) is 19.1 Å². The van der Waals surface area contributed by atoms with Crippen molar-refractivity contribution in [3.8, 4) is 16.9 Å². The zero-order chi connectivity index (χ0) is 32.8. The summed E-state index contributed by atoms with van der Waals surface area (Å²) in [5.74, 6) is 0.151. The van der Waals surface area contributed by atoms with Gasteiger partial charge in [-0.2, -0.15) is 0 Å². The maximum absolute atomic E-state index is 13.9. The van der Waals surface area contributed by atoms with Crippen LogP contribution in [0.25, 0.3) is 11.1 Å². The zero-order valence-corrected chi connectivity index (χ0v) is 27.7. The van der Waals surface area contributed by atoms with Crippen LogP contribution in [0.2, 0.25) is 0 Å². The van der Waals surface area contributed by atoms with Crippen molar-refractivity contribution >= 4 is 23.7 Å². The summed E-state index contributed by atoms with van der Waals surface area (Å²) < 4.78 is 11.1. The lowest BCUT2D eigenvalue weighted by atomic mass is 9.74. The van der Waals surface area contributed by atoms with Gasteiger partial charge in [0, 0.05) is 48.4 Å². The third kappa shape index (κ3) is 6.98. The number of carbonyl (C=O) groups is 2. The molecule has 0 atom stereocenters. The molecule has 3 heterocycles. The Morgan fingerprint density at radius 1 is 1.11 bits per heavy atom. The SMILES string of the molecule is CCN(c1cc(-c2ccc(C3(C)CCNCC3)c(NC=O)c2)cc(C(=O)NCc2c(OC)cc(C)[nH]c2=O)c1C)C1CCOCC1. The van der Waals surface area contributed by atoms with Crippen LogP contribution in [0.1, 0.15) is 72.3 Å². The van der Waals surface area contributed by atoms with E-state index in [0.29, 0.717) is 35.8 Å². The summed E-state index contributed by atoms with van der Waals surface area (Å²) >= 11 is 0. The number of aryl methyl sites for hydroxylation is 1. The van der Waals surface area contributed by atoms with Crippen molar-refractivity contribution in [3.05, 3.63) is 74.7 Å². The summed E-state index contributed by atoms with van der Waals surface area (Å²) in [4.78, 5) is 43.6. The summed E-state index contributed by atoms with van der Waals surface area (Å²) in [7, 11) is 1.51. The number of aromatic nitrogens is 1. The number of ether oxygens (including phenoxy) is 2. The molecule has 0 radical (unpaired) electrons. The van der Waals surface area contributed by atoms with E-state index in [1.54, 1.807) is 13.0 Å². The Balaban J connectivity index is 1.58.